The zero-order valence-electron chi connectivity index (χ0n) is 10.3. The van der Waals surface area contributed by atoms with Crippen LogP contribution in [0.1, 0.15) is 18.9 Å². The van der Waals surface area contributed by atoms with E-state index in [4.69, 9.17) is 9.47 Å². The zero-order valence-corrected chi connectivity index (χ0v) is 10.3. The van der Waals surface area contributed by atoms with E-state index < -0.39 is 6.10 Å². The van der Waals surface area contributed by atoms with E-state index in [1.165, 1.54) is 5.56 Å². The van der Waals surface area contributed by atoms with Crippen molar-refractivity contribution in [3.05, 3.63) is 29.8 Å². The summed E-state index contributed by atoms with van der Waals surface area (Å²) in [7, 11) is 0. The van der Waals surface area contributed by atoms with Crippen LogP contribution < -0.4 is 4.74 Å². The lowest BCUT2D eigenvalue weighted by molar-refractivity contribution is 0.0499. The number of aryl methyl sites for hydroxylation is 1. The molecule has 1 N–H and O–H groups in total. The first-order valence-electron chi connectivity index (χ1n) is 6.27. The second-order valence-electron chi connectivity index (χ2n) is 4.50. The number of benzene rings is 1. The zero-order chi connectivity index (χ0) is 12.1. The molecule has 0 aliphatic carbocycles. The minimum atomic E-state index is -0.428. The van der Waals surface area contributed by atoms with E-state index in [0.717, 1.165) is 25.2 Å². The van der Waals surface area contributed by atoms with Crippen molar-refractivity contribution in [2.75, 3.05) is 19.8 Å². The highest BCUT2D eigenvalue weighted by Crippen LogP contribution is 2.19. The molecule has 0 amide bonds. The van der Waals surface area contributed by atoms with Crippen molar-refractivity contribution >= 4 is 0 Å². The predicted molar refractivity (Wildman–Crippen MR) is 66.2 cm³/mol. The third kappa shape index (κ3) is 3.45. The van der Waals surface area contributed by atoms with Crippen molar-refractivity contribution in [2.45, 2.75) is 25.9 Å². The molecule has 3 nitrogen and oxygen atoms in total. The van der Waals surface area contributed by atoms with Gasteiger partial charge in [0.15, 0.2) is 0 Å². The Morgan fingerprint density at radius 2 is 2.41 bits per heavy atom. The highest BCUT2D eigenvalue weighted by molar-refractivity contribution is 5.28. The molecule has 1 saturated heterocycles. The summed E-state index contributed by atoms with van der Waals surface area (Å²) in [5, 5.41) is 9.93. The Kier molecular flexibility index (Phi) is 4.40. The molecule has 1 aromatic carbocycles. The first-order valence-corrected chi connectivity index (χ1v) is 6.27. The van der Waals surface area contributed by atoms with Gasteiger partial charge in [0, 0.05) is 12.5 Å². The first kappa shape index (κ1) is 12.4. The van der Waals surface area contributed by atoms with Gasteiger partial charge in [-0.15, -0.1) is 0 Å². The second-order valence-corrected chi connectivity index (χ2v) is 4.50. The maximum atomic E-state index is 9.93. The van der Waals surface area contributed by atoms with Crippen molar-refractivity contribution in [2.24, 2.45) is 5.92 Å². The molecular weight excluding hydrogens is 216 g/mol. The predicted octanol–water partition coefficient (Wildman–Crippen LogP) is 2.03. The Bertz CT molecular complexity index is 345. The fourth-order valence-corrected chi connectivity index (χ4v) is 2.03. The van der Waals surface area contributed by atoms with Crippen LogP contribution in [0.5, 0.6) is 5.75 Å². The van der Waals surface area contributed by atoms with Gasteiger partial charge in [0.1, 0.15) is 12.4 Å². The van der Waals surface area contributed by atoms with Gasteiger partial charge >= 0.3 is 0 Å². The molecule has 2 rings (SSSR count). The molecule has 1 aliphatic rings. The number of hydrogen-bond donors (Lipinski definition) is 1. The fraction of sp³-hybridized carbons (Fsp3) is 0.571. The standard InChI is InChI=1S/C14H20O3/c1-2-11-4-3-5-13(8-11)17-10-14(15)12-6-7-16-9-12/h3-5,8,12,14-15H,2,6-7,9-10H2,1H3. The Morgan fingerprint density at radius 1 is 1.53 bits per heavy atom. The average Bonchev–Trinajstić information content (AvgIpc) is 2.90. The minimum Gasteiger partial charge on any atom is -0.491 e. The third-order valence-electron chi connectivity index (χ3n) is 3.24. The number of aliphatic hydroxyl groups is 1. The van der Waals surface area contributed by atoms with Crippen molar-refractivity contribution < 1.29 is 14.6 Å². The summed E-state index contributed by atoms with van der Waals surface area (Å²) in [5.41, 5.74) is 1.25. The van der Waals surface area contributed by atoms with E-state index in [1.807, 2.05) is 18.2 Å². The van der Waals surface area contributed by atoms with Gasteiger partial charge in [0.2, 0.25) is 0 Å². The maximum absolute atomic E-state index is 9.93. The Balaban J connectivity index is 1.83. The second kappa shape index (κ2) is 6.03. The number of rotatable bonds is 5. The quantitative estimate of drug-likeness (QED) is 0.850. The molecule has 1 heterocycles. The molecule has 3 heteroatoms. The summed E-state index contributed by atoms with van der Waals surface area (Å²) in [6.45, 7) is 3.87. The van der Waals surface area contributed by atoms with Crippen molar-refractivity contribution in [3.63, 3.8) is 0 Å². The van der Waals surface area contributed by atoms with Crippen molar-refractivity contribution in [1.82, 2.24) is 0 Å². The molecule has 0 spiro atoms. The van der Waals surface area contributed by atoms with Crippen LogP contribution in [0.15, 0.2) is 24.3 Å². The summed E-state index contributed by atoms with van der Waals surface area (Å²) in [5.74, 6) is 1.06. The SMILES string of the molecule is CCc1cccc(OCC(O)C2CCOC2)c1. The smallest absolute Gasteiger partial charge is 0.119 e. The third-order valence-corrected chi connectivity index (χ3v) is 3.24. The highest BCUT2D eigenvalue weighted by Gasteiger charge is 2.24. The Morgan fingerprint density at radius 3 is 3.12 bits per heavy atom. The lowest BCUT2D eigenvalue weighted by Crippen LogP contribution is -2.27. The lowest BCUT2D eigenvalue weighted by atomic mass is 10.0. The Hall–Kier alpha value is -1.06. The normalized spacial score (nSPS) is 21.4. The van der Waals surface area contributed by atoms with E-state index >= 15 is 0 Å². The average molecular weight is 236 g/mol. The van der Waals surface area contributed by atoms with Crippen LogP contribution in [0, 0.1) is 5.92 Å². The van der Waals surface area contributed by atoms with Gasteiger partial charge in [-0.25, -0.2) is 0 Å². The maximum Gasteiger partial charge on any atom is 0.119 e. The minimum absolute atomic E-state index is 0.226. The van der Waals surface area contributed by atoms with Crippen LogP contribution in [0.4, 0.5) is 0 Å². The molecular formula is C14H20O3. The van der Waals surface area contributed by atoms with Crippen LogP contribution in [-0.4, -0.2) is 31.0 Å². The van der Waals surface area contributed by atoms with E-state index in [1.54, 1.807) is 0 Å². The molecule has 0 saturated carbocycles. The Labute approximate surface area is 102 Å². The van der Waals surface area contributed by atoms with E-state index in [2.05, 4.69) is 13.0 Å². The van der Waals surface area contributed by atoms with Gasteiger partial charge in [-0.1, -0.05) is 19.1 Å². The number of hydrogen-bond acceptors (Lipinski definition) is 3. The largest absolute Gasteiger partial charge is 0.491 e. The summed E-state index contributed by atoms with van der Waals surface area (Å²) in [4.78, 5) is 0. The van der Waals surface area contributed by atoms with Gasteiger partial charge in [-0.2, -0.15) is 0 Å². The van der Waals surface area contributed by atoms with E-state index in [-0.39, 0.29) is 5.92 Å². The summed E-state index contributed by atoms with van der Waals surface area (Å²) < 4.78 is 10.9. The summed E-state index contributed by atoms with van der Waals surface area (Å²) >= 11 is 0. The van der Waals surface area contributed by atoms with Crippen molar-refractivity contribution in [1.29, 1.82) is 0 Å². The van der Waals surface area contributed by atoms with Gasteiger partial charge in [0.05, 0.1) is 12.7 Å². The lowest BCUT2D eigenvalue weighted by Gasteiger charge is -2.17. The fourth-order valence-electron chi connectivity index (χ4n) is 2.03. The van der Waals surface area contributed by atoms with Crippen molar-refractivity contribution in [3.8, 4) is 5.75 Å². The van der Waals surface area contributed by atoms with E-state index in [0.29, 0.717) is 13.2 Å². The molecule has 1 aliphatic heterocycles. The molecule has 0 radical (unpaired) electrons. The van der Waals surface area contributed by atoms with Gasteiger partial charge in [-0.3, -0.25) is 0 Å². The van der Waals surface area contributed by atoms with Gasteiger partial charge in [-0.05, 0) is 30.5 Å². The van der Waals surface area contributed by atoms with Crippen LogP contribution in [0.2, 0.25) is 0 Å². The molecule has 0 aromatic heterocycles. The molecule has 94 valence electrons. The molecule has 2 unspecified atom stereocenters. The number of aliphatic hydroxyl groups excluding tert-OH is 1. The molecule has 0 bridgehead atoms. The molecule has 17 heavy (non-hydrogen) atoms. The summed E-state index contributed by atoms with van der Waals surface area (Å²) in [6, 6.07) is 8.02. The van der Waals surface area contributed by atoms with E-state index in [9.17, 15) is 5.11 Å². The van der Waals surface area contributed by atoms with Crippen LogP contribution in [-0.2, 0) is 11.2 Å². The first-order chi connectivity index (χ1) is 8.29. The van der Waals surface area contributed by atoms with Gasteiger partial charge in [0.25, 0.3) is 0 Å². The van der Waals surface area contributed by atoms with Crippen LogP contribution in [0.25, 0.3) is 0 Å². The summed E-state index contributed by atoms with van der Waals surface area (Å²) in [6.07, 6.45) is 1.50. The molecule has 1 fully saturated rings. The van der Waals surface area contributed by atoms with Crippen LogP contribution >= 0.6 is 0 Å². The van der Waals surface area contributed by atoms with Crippen LogP contribution in [0.3, 0.4) is 0 Å². The monoisotopic (exact) mass is 236 g/mol. The topological polar surface area (TPSA) is 38.7 Å². The molecule has 1 aromatic rings. The molecule has 2 atom stereocenters. The highest BCUT2D eigenvalue weighted by atomic mass is 16.5. The van der Waals surface area contributed by atoms with Gasteiger partial charge < -0.3 is 14.6 Å². The number of ether oxygens (including phenoxy) is 2.